The molecule has 1 saturated heterocycles. The Morgan fingerprint density at radius 1 is 1.36 bits per heavy atom. The van der Waals surface area contributed by atoms with Gasteiger partial charge in [0.2, 0.25) is 0 Å². The normalized spacial score (nSPS) is 20.8. The predicted octanol–water partition coefficient (Wildman–Crippen LogP) is 4.51. The lowest BCUT2D eigenvalue weighted by Gasteiger charge is -2.26. The third-order valence-corrected chi connectivity index (χ3v) is 6.46. The Labute approximate surface area is 194 Å². The molecule has 5 N–H and O–H groups in total. The summed E-state index contributed by atoms with van der Waals surface area (Å²) in [5.41, 5.74) is 9.10. The van der Waals surface area contributed by atoms with Crippen LogP contribution in [0.1, 0.15) is 39.0 Å². The van der Waals surface area contributed by atoms with Crippen molar-refractivity contribution in [3.05, 3.63) is 58.6 Å². The highest BCUT2D eigenvalue weighted by molar-refractivity contribution is 6.11. The number of allylic oxidation sites excluding steroid dienone is 2. The minimum atomic E-state index is -4.60. The Hall–Kier alpha value is -2.32. The van der Waals surface area contributed by atoms with Gasteiger partial charge >= 0.3 is 6.18 Å². The minimum absolute atomic E-state index is 0.0306. The van der Waals surface area contributed by atoms with Crippen LogP contribution in [0.15, 0.2) is 58.6 Å². The molecule has 8 heteroatoms. The average molecular weight is 465 g/mol. The predicted molar refractivity (Wildman–Crippen MR) is 126 cm³/mol. The summed E-state index contributed by atoms with van der Waals surface area (Å²) in [5.74, 6) is 1.29. The highest BCUT2D eigenvalue weighted by atomic mass is 19.4. The quantitative estimate of drug-likeness (QED) is 0.184. The van der Waals surface area contributed by atoms with Gasteiger partial charge < -0.3 is 21.1 Å². The molecule has 0 amide bonds. The first kappa shape index (κ1) is 25.3. The van der Waals surface area contributed by atoms with E-state index in [0.717, 1.165) is 56.3 Å². The van der Waals surface area contributed by atoms with Crippen molar-refractivity contribution in [3.8, 4) is 0 Å². The van der Waals surface area contributed by atoms with Crippen LogP contribution in [0, 0.1) is 17.2 Å². The summed E-state index contributed by atoms with van der Waals surface area (Å²) in [6.45, 7) is 8.16. The number of hydrogen-bond donors (Lipinski definition) is 4. The fourth-order valence-corrected chi connectivity index (χ4v) is 4.60. The van der Waals surface area contributed by atoms with Crippen LogP contribution in [-0.4, -0.2) is 44.7 Å². The smallest absolute Gasteiger partial charge is 0.419 e. The van der Waals surface area contributed by atoms with Gasteiger partial charge in [-0.15, -0.1) is 6.58 Å². The van der Waals surface area contributed by atoms with Crippen molar-refractivity contribution in [2.75, 3.05) is 26.7 Å². The van der Waals surface area contributed by atoms with Crippen LogP contribution in [0.4, 0.5) is 13.2 Å². The summed E-state index contributed by atoms with van der Waals surface area (Å²) in [4.78, 5) is 0. The SMILES string of the molecule is C=CCNCC(CC)C1=C2COC2=C(CC(N)/C=C(\C(=N)/C(=C\NC)C(F)(F)F)C2CC2)C1. The molecule has 5 nitrogen and oxygen atoms in total. The topological polar surface area (TPSA) is 83.2 Å². The first-order valence-electron chi connectivity index (χ1n) is 11.6. The molecule has 0 aromatic rings. The van der Waals surface area contributed by atoms with Crippen molar-refractivity contribution in [1.82, 2.24) is 10.6 Å². The maximum absolute atomic E-state index is 13.5. The molecular formula is C25H35F3N4O. The number of rotatable bonds is 13. The highest BCUT2D eigenvalue weighted by Crippen LogP contribution is 2.45. The van der Waals surface area contributed by atoms with Crippen LogP contribution in [-0.2, 0) is 4.74 Å². The zero-order chi connectivity index (χ0) is 24.2. The van der Waals surface area contributed by atoms with E-state index < -0.39 is 23.5 Å². The van der Waals surface area contributed by atoms with Gasteiger partial charge in [0.1, 0.15) is 12.4 Å². The van der Waals surface area contributed by atoms with Crippen LogP contribution in [0.25, 0.3) is 0 Å². The van der Waals surface area contributed by atoms with Crippen LogP contribution in [0.5, 0.6) is 0 Å². The summed E-state index contributed by atoms with van der Waals surface area (Å²) < 4.78 is 46.2. The maximum Gasteiger partial charge on any atom is 0.419 e. The summed E-state index contributed by atoms with van der Waals surface area (Å²) >= 11 is 0. The number of halogens is 3. The van der Waals surface area contributed by atoms with E-state index in [2.05, 4.69) is 24.1 Å². The molecule has 0 radical (unpaired) electrons. The fraction of sp³-hybridized carbons (Fsp3) is 0.560. The maximum atomic E-state index is 13.5. The second-order valence-electron chi connectivity index (χ2n) is 8.94. The molecule has 1 heterocycles. The fourth-order valence-electron chi connectivity index (χ4n) is 4.60. The third-order valence-electron chi connectivity index (χ3n) is 6.46. The molecule has 1 saturated carbocycles. The van der Waals surface area contributed by atoms with Gasteiger partial charge in [-0.25, -0.2) is 0 Å². The van der Waals surface area contributed by atoms with Gasteiger partial charge in [-0.2, -0.15) is 13.2 Å². The summed E-state index contributed by atoms with van der Waals surface area (Å²) in [6.07, 6.45) is 3.65. The van der Waals surface area contributed by atoms with Gasteiger partial charge in [0.15, 0.2) is 0 Å². The lowest BCUT2D eigenvalue weighted by molar-refractivity contribution is -0.0864. The highest BCUT2D eigenvalue weighted by Gasteiger charge is 2.41. The number of nitrogens with two attached hydrogens (primary N) is 1. The second kappa shape index (κ2) is 10.7. The van der Waals surface area contributed by atoms with Crippen molar-refractivity contribution < 1.29 is 17.9 Å². The summed E-state index contributed by atoms with van der Waals surface area (Å²) in [6, 6.07) is -0.476. The lowest BCUT2D eigenvalue weighted by atomic mass is 9.90. The molecule has 2 fully saturated rings. The standard InChI is InChI=1S/C25H35F3N4O/c1-4-8-32-12-15(5-2)19-10-17(24-21(19)14-33-24)9-18(29)11-20(16-6-7-16)23(30)22(13-31-3)25(26,27)28/h4,11,13,15-16,18,30-32H,1,5-10,12,14,29H2,2-3H3/b20-11-,22-13+,30-23?. The molecule has 3 aliphatic rings. The van der Waals surface area contributed by atoms with E-state index in [0.29, 0.717) is 24.5 Å². The van der Waals surface area contributed by atoms with Crippen LogP contribution < -0.4 is 16.4 Å². The molecule has 2 aliphatic carbocycles. The molecule has 2 atom stereocenters. The van der Waals surface area contributed by atoms with E-state index in [1.54, 1.807) is 6.08 Å². The van der Waals surface area contributed by atoms with Gasteiger partial charge in [0, 0.05) is 38.0 Å². The molecule has 1 aliphatic heterocycles. The molecule has 182 valence electrons. The third kappa shape index (κ3) is 5.98. The molecule has 3 rings (SSSR count). The molecule has 0 aromatic carbocycles. The van der Waals surface area contributed by atoms with E-state index in [-0.39, 0.29) is 5.92 Å². The van der Waals surface area contributed by atoms with Gasteiger partial charge in [0.25, 0.3) is 0 Å². The van der Waals surface area contributed by atoms with Gasteiger partial charge in [0.05, 0.1) is 11.3 Å². The number of hydrogen-bond acceptors (Lipinski definition) is 5. The Balaban J connectivity index is 1.72. The monoisotopic (exact) mass is 464 g/mol. The van der Waals surface area contributed by atoms with Crippen molar-refractivity contribution >= 4 is 5.71 Å². The Bertz CT molecular complexity index is 894. The van der Waals surface area contributed by atoms with Gasteiger partial charge in [-0.3, -0.25) is 5.41 Å². The number of ether oxygens (including phenoxy) is 1. The molecule has 0 bridgehead atoms. The van der Waals surface area contributed by atoms with Crippen LogP contribution >= 0.6 is 0 Å². The van der Waals surface area contributed by atoms with Crippen molar-refractivity contribution in [1.29, 1.82) is 5.41 Å². The van der Waals surface area contributed by atoms with Gasteiger partial charge in [-0.05, 0) is 55.1 Å². The molecule has 2 unspecified atom stereocenters. The first-order valence-corrected chi connectivity index (χ1v) is 11.6. The molecule has 0 aromatic heterocycles. The molecule has 33 heavy (non-hydrogen) atoms. The summed E-state index contributed by atoms with van der Waals surface area (Å²) in [5, 5.41) is 14.1. The molecular weight excluding hydrogens is 429 g/mol. The first-order chi connectivity index (χ1) is 15.7. The summed E-state index contributed by atoms with van der Waals surface area (Å²) in [7, 11) is 1.40. The van der Waals surface area contributed by atoms with E-state index in [1.807, 2.05) is 6.08 Å². The number of fused-ring (bicyclic) bond motifs is 1. The van der Waals surface area contributed by atoms with E-state index >= 15 is 0 Å². The molecule has 0 spiro atoms. The van der Waals surface area contributed by atoms with Crippen molar-refractivity contribution in [3.63, 3.8) is 0 Å². The second-order valence-corrected chi connectivity index (χ2v) is 8.94. The van der Waals surface area contributed by atoms with Crippen molar-refractivity contribution in [2.45, 2.75) is 51.2 Å². The largest absolute Gasteiger partial charge is 0.488 e. The zero-order valence-corrected chi connectivity index (χ0v) is 19.4. The van der Waals surface area contributed by atoms with Crippen LogP contribution in [0.2, 0.25) is 0 Å². The Morgan fingerprint density at radius 2 is 2.09 bits per heavy atom. The Morgan fingerprint density at radius 3 is 2.61 bits per heavy atom. The van der Waals surface area contributed by atoms with E-state index in [4.69, 9.17) is 15.9 Å². The van der Waals surface area contributed by atoms with E-state index in [9.17, 15) is 13.2 Å². The lowest BCUT2D eigenvalue weighted by Crippen LogP contribution is -2.26. The average Bonchev–Trinajstić information content (AvgIpc) is 3.52. The zero-order valence-electron chi connectivity index (χ0n) is 19.4. The van der Waals surface area contributed by atoms with Crippen molar-refractivity contribution in [2.24, 2.45) is 17.6 Å². The number of nitrogens with one attached hydrogen (secondary N) is 3. The Kier molecular flexibility index (Phi) is 8.23. The number of alkyl halides is 3. The van der Waals surface area contributed by atoms with Gasteiger partial charge in [-0.1, -0.05) is 24.6 Å². The minimum Gasteiger partial charge on any atom is -0.488 e. The van der Waals surface area contributed by atoms with E-state index in [1.165, 1.54) is 18.2 Å². The van der Waals surface area contributed by atoms with Crippen LogP contribution in [0.3, 0.4) is 0 Å².